The standard InChI is InChI=1S/C87H102O9/c1-4-7-10-13-16-19-22-25-28-40-61-91-82-58-55-73(52-49-70-43-34-31-35-44-70)64-79(82)85(88)94-76-67-77(95-86(89)80-65-74(53-50-71-45-36-32-37-46-71)56-59-83(80)92-62-41-29-26-23-20-17-14-11-8-5-2)69-78(68-76)96-87(90)81-66-75(54-51-72-47-38-33-39-48-72)57-60-84(81)93-63-42-30-27-24-21-18-15-12-9-6-3/h31-39,43-48,55-60,64-69H,4-30,40-42,61-63H2,1-3H3. The molecule has 0 aromatic heterocycles. The summed E-state index contributed by atoms with van der Waals surface area (Å²) in [6.45, 7) is 7.91. The Labute approximate surface area is 574 Å². The van der Waals surface area contributed by atoms with Crippen molar-refractivity contribution in [2.45, 2.75) is 213 Å². The van der Waals surface area contributed by atoms with E-state index < -0.39 is 17.9 Å². The molecule has 9 nitrogen and oxygen atoms in total. The largest absolute Gasteiger partial charge is 0.493 e. The second-order valence-electron chi connectivity index (χ2n) is 24.9. The van der Waals surface area contributed by atoms with Crippen molar-refractivity contribution in [1.29, 1.82) is 0 Å². The maximum absolute atomic E-state index is 14.8. The SMILES string of the molecule is CCCCCCCCCCCCOc1ccc(C#Cc2ccccc2)cc1C(=O)Oc1cc(OC(=O)c2cc(C#Cc3ccccc3)ccc2OCCCCCCCCCCCC)cc(OC(=O)c2cc(C#Cc3ccccc3)ccc2OCCCCCCCCCCCC)c1. The predicted octanol–water partition coefficient (Wildman–Crippen LogP) is 22.4. The summed E-state index contributed by atoms with van der Waals surface area (Å²) in [6.07, 6.45) is 35.1. The van der Waals surface area contributed by atoms with Crippen LogP contribution in [0.3, 0.4) is 0 Å². The highest BCUT2D eigenvalue weighted by Crippen LogP contribution is 2.34. The van der Waals surface area contributed by atoms with E-state index in [2.05, 4.69) is 56.3 Å². The third-order valence-electron chi connectivity index (χ3n) is 16.7. The molecule has 0 atom stereocenters. The molecule has 0 saturated heterocycles. The van der Waals surface area contributed by atoms with Crippen molar-refractivity contribution in [2.24, 2.45) is 0 Å². The maximum Gasteiger partial charge on any atom is 0.347 e. The second kappa shape index (κ2) is 45.4. The Hall–Kier alpha value is -8.97. The summed E-state index contributed by atoms with van der Waals surface area (Å²) in [7, 11) is 0. The molecule has 7 rings (SSSR count). The Morgan fingerprint density at radius 1 is 0.250 bits per heavy atom. The van der Waals surface area contributed by atoms with Gasteiger partial charge in [-0.1, -0.05) is 284 Å². The molecular weight excluding hydrogens is 1190 g/mol. The summed E-state index contributed by atoms with van der Waals surface area (Å²) in [5.41, 5.74) is 4.56. The number of benzene rings is 7. The number of rotatable bonds is 42. The third kappa shape index (κ3) is 28.9. The summed E-state index contributed by atoms with van der Waals surface area (Å²) in [4.78, 5) is 44.5. The Bertz CT molecular complexity index is 3220. The van der Waals surface area contributed by atoms with E-state index in [1.165, 1.54) is 153 Å². The van der Waals surface area contributed by atoms with Crippen molar-refractivity contribution in [3.63, 3.8) is 0 Å². The van der Waals surface area contributed by atoms with Crippen LogP contribution in [0, 0.1) is 35.5 Å². The van der Waals surface area contributed by atoms with Crippen LogP contribution in [0.25, 0.3) is 0 Å². The minimum atomic E-state index is -0.767. The lowest BCUT2D eigenvalue weighted by Gasteiger charge is -2.15. The number of esters is 3. The van der Waals surface area contributed by atoms with Crippen LogP contribution >= 0.6 is 0 Å². The highest BCUT2D eigenvalue weighted by Gasteiger charge is 2.23. The first kappa shape index (κ1) is 74.4. The van der Waals surface area contributed by atoms with Crippen LogP contribution in [-0.4, -0.2) is 37.7 Å². The zero-order valence-corrected chi connectivity index (χ0v) is 57.6. The molecule has 0 N–H and O–H groups in total. The molecule has 0 heterocycles. The summed E-state index contributed by atoms with van der Waals surface area (Å²) >= 11 is 0. The van der Waals surface area contributed by atoms with Gasteiger partial charge in [-0.15, -0.1) is 0 Å². The van der Waals surface area contributed by atoms with Crippen LogP contribution < -0.4 is 28.4 Å². The van der Waals surface area contributed by atoms with Crippen molar-refractivity contribution in [3.05, 3.63) is 214 Å². The van der Waals surface area contributed by atoms with E-state index in [0.717, 1.165) is 74.5 Å². The number of carbonyl (C=O) groups excluding carboxylic acids is 3. The topological polar surface area (TPSA) is 107 Å². The van der Waals surface area contributed by atoms with Gasteiger partial charge in [0, 0.05) is 51.6 Å². The fourth-order valence-electron chi connectivity index (χ4n) is 11.2. The van der Waals surface area contributed by atoms with Gasteiger partial charge in [0.25, 0.3) is 0 Å². The van der Waals surface area contributed by atoms with E-state index in [0.29, 0.717) is 53.8 Å². The Kier molecular flexibility index (Phi) is 35.2. The summed E-state index contributed by atoms with van der Waals surface area (Å²) in [5.74, 6) is 17.7. The molecule has 0 unspecified atom stereocenters. The van der Waals surface area contributed by atoms with Crippen LogP contribution in [0.15, 0.2) is 164 Å². The van der Waals surface area contributed by atoms with E-state index in [-0.39, 0.29) is 33.9 Å². The lowest BCUT2D eigenvalue weighted by atomic mass is 10.1. The van der Waals surface area contributed by atoms with Gasteiger partial charge in [0.1, 0.15) is 51.2 Å². The van der Waals surface area contributed by atoms with Crippen LogP contribution in [0.5, 0.6) is 34.5 Å². The molecule has 504 valence electrons. The van der Waals surface area contributed by atoms with Gasteiger partial charge in [0.2, 0.25) is 0 Å². The molecule has 0 spiro atoms. The molecule has 0 amide bonds. The lowest BCUT2D eigenvalue weighted by molar-refractivity contribution is 0.0726. The highest BCUT2D eigenvalue weighted by atomic mass is 16.6. The van der Waals surface area contributed by atoms with E-state index >= 15 is 0 Å². The smallest absolute Gasteiger partial charge is 0.347 e. The zero-order valence-electron chi connectivity index (χ0n) is 57.6. The Balaban J connectivity index is 1.18. The van der Waals surface area contributed by atoms with Gasteiger partial charge in [-0.3, -0.25) is 0 Å². The van der Waals surface area contributed by atoms with Crippen LogP contribution in [0.1, 0.15) is 278 Å². The lowest BCUT2D eigenvalue weighted by Crippen LogP contribution is -2.15. The summed E-state index contributed by atoms with van der Waals surface area (Å²) < 4.78 is 37.9. The first-order valence-corrected chi connectivity index (χ1v) is 36.1. The number of hydrogen-bond acceptors (Lipinski definition) is 9. The fraction of sp³-hybridized carbons (Fsp3) is 0.414. The van der Waals surface area contributed by atoms with Crippen molar-refractivity contribution in [3.8, 4) is 70.0 Å². The monoisotopic (exact) mass is 1290 g/mol. The second-order valence-corrected chi connectivity index (χ2v) is 24.9. The number of carbonyl (C=O) groups is 3. The molecule has 0 aliphatic carbocycles. The summed E-state index contributed by atoms with van der Waals surface area (Å²) in [5, 5.41) is 0. The number of hydrogen-bond donors (Lipinski definition) is 0. The van der Waals surface area contributed by atoms with Crippen LogP contribution in [-0.2, 0) is 0 Å². The first-order valence-electron chi connectivity index (χ1n) is 36.1. The normalized spacial score (nSPS) is 10.7. The molecule has 0 saturated carbocycles. The minimum absolute atomic E-state index is 0.0747. The molecule has 0 aliphatic heterocycles. The number of ether oxygens (including phenoxy) is 6. The van der Waals surface area contributed by atoms with E-state index in [9.17, 15) is 14.4 Å². The summed E-state index contributed by atoms with van der Waals surface area (Å²) in [6, 6.07) is 48.8. The van der Waals surface area contributed by atoms with Gasteiger partial charge >= 0.3 is 17.9 Å². The molecule has 0 bridgehead atoms. The average Bonchev–Trinajstić information content (AvgIpc) is 1.34. The van der Waals surface area contributed by atoms with E-state index in [1.807, 2.05) is 109 Å². The molecule has 0 radical (unpaired) electrons. The van der Waals surface area contributed by atoms with Gasteiger partial charge < -0.3 is 28.4 Å². The fourth-order valence-corrected chi connectivity index (χ4v) is 11.2. The molecule has 7 aromatic carbocycles. The van der Waals surface area contributed by atoms with Gasteiger partial charge in [-0.25, -0.2) is 14.4 Å². The van der Waals surface area contributed by atoms with E-state index in [1.54, 1.807) is 36.4 Å². The Morgan fingerprint density at radius 3 is 0.708 bits per heavy atom. The third-order valence-corrected chi connectivity index (χ3v) is 16.7. The van der Waals surface area contributed by atoms with E-state index in [4.69, 9.17) is 28.4 Å². The van der Waals surface area contributed by atoms with Crippen molar-refractivity contribution < 1.29 is 42.8 Å². The van der Waals surface area contributed by atoms with Gasteiger partial charge in [0.05, 0.1) is 19.8 Å². The van der Waals surface area contributed by atoms with Gasteiger partial charge in [0.15, 0.2) is 0 Å². The maximum atomic E-state index is 14.8. The average molecular weight is 1290 g/mol. The van der Waals surface area contributed by atoms with Crippen molar-refractivity contribution >= 4 is 17.9 Å². The van der Waals surface area contributed by atoms with Crippen LogP contribution in [0.2, 0.25) is 0 Å². The zero-order chi connectivity index (χ0) is 67.3. The molecular formula is C87H102O9. The molecule has 96 heavy (non-hydrogen) atoms. The molecule has 9 heteroatoms. The van der Waals surface area contributed by atoms with Gasteiger partial charge in [-0.2, -0.15) is 0 Å². The molecule has 7 aromatic rings. The van der Waals surface area contributed by atoms with Crippen molar-refractivity contribution in [2.75, 3.05) is 19.8 Å². The van der Waals surface area contributed by atoms with Gasteiger partial charge in [-0.05, 0) is 110 Å². The number of unbranched alkanes of at least 4 members (excludes halogenated alkanes) is 27. The van der Waals surface area contributed by atoms with Crippen molar-refractivity contribution in [1.82, 2.24) is 0 Å². The minimum Gasteiger partial charge on any atom is -0.493 e. The highest BCUT2D eigenvalue weighted by molar-refractivity contribution is 5.97. The predicted molar refractivity (Wildman–Crippen MR) is 390 cm³/mol. The molecule has 0 fully saturated rings. The quantitative estimate of drug-likeness (QED) is 0.0160. The first-order chi connectivity index (χ1) is 47.3. The molecule has 0 aliphatic rings. The Morgan fingerprint density at radius 2 is 0.469 bits per heavy atom. The van der Waals surface area contributed by atoms with Crippen LogP contribution in [0.4, 0.5) is 0 Å².